The molecule has 0 aliphatic rings. The summed E-state index contributed by atoms with van der Waals surface area (Å²) in [5.41, 5.74) is 0.633. The summed E-state index contributed by atoms with van der Waals surface area (Å²) in [5.74, 6) is -1.05. The number of halogens is 1. The minimum absolute atomic E-state index is 0.000581. The maximum Gasteiger partial charge on any atom is 0.432 e. The number of imide groups is 1. The molecule has 0 aliphatic carbocycles. The Balaban J connectivity index is 1.30. The molecule has 0 aliphatic heterocycles. The first kappa shape index (κ1) is 29.2. The SMILES string of the molecule is O=C(Nc1ccc(Oc2ccnc(N(C(=O)Oc3ccccc3)C(=O)Oc3ccccc3)n2)cc1F)OCc1ccccc1. The maximum absolute atomic E-state index is 14.8. The minimum atomic E-state index is -1.14. The number of rotatable bonds is 8. The Labute approximate surface area is 250 Å². The molecule has 5 rings (SSSR count). The summed E-state index contributed by atoms with van der Waals surface area (Å²) in [4.78, 5) is 46.9. The minimum Gasteiger partial charge on any atom is -0.444 e. The molecule has 0 saturated carbocycles. The quantitative estimate of drug-likeness (QED) is 0.196. The predicted molar refractivity (Wildman–Crippen MR) is 156 cm³/mol. The van der Waals surface area contributed by atoms with Crippen LogP contribution in [0.25, 0.3) is 0 Å². The largest absolute Gasteiger partial charge is 0.444 e. The number of carbonyl (C=O) groups excluding carboxylic acids is 3. The van der Waals surface area contributed by atoms with E-state index in [-0.39, 0.29) is 35.4 Å². The number of benzene rings is 4. The molecule has 0 fully saturated rings. The molecule has 0 spiro atoms. The number of ether oxygens (including phenoxy) is 4. The molecule has 11 nitrogen and oxygen atoms in total. The van der Waals surface area contributed by atoms with Crippen LogP contribution in [-0.4, -0.2) is 28.2 Å². The van der Waals surface area contributed by atoms with Gasteiger partial charge in [0.15, 0.2) is 5.82 Å². The second-order valence-electron chi connectivity index (χ2n) is 8.82. The van der Waals surface area contributed by atoms with Crippen LogP contribution in [0.1, 0.15) is 5.56 Å². The molecule has 0 radical (unpaired) electrons. The van der Waals surface area contributed by atoms with Gasteiger partial charge in [-0.3, -0.25) is 5.32 Å². The van der Waals surface area contributed by atoms with Gasteiger partial charge < -0.3 is 18.9 Å². The first-order valence-corrected chi connectivity index (χ1v) is 13.1. The van der Waals surface area contributed by atoms with Crippen LogP contribution in [0, 0.1) is 5.82 Å². The first-order valence-electron chi connectivity index (χ1n) is 13.1. The summed E-state index contributed by atoms with van der Waals surface area (Å²) >= 11 is 0. The van der Waals surface area contributed by atoms with Gasteiger partial charge >= 0.3 is 18.3 Å². The van der Waals surface area contributed by atoms with E-state index in [0.29, 0.717) is 4.90 Å². The van der Waals surface area contributed by atoms with E-state index in [4.69, 9.17) is 18.9 Å². The number of hydrogen-bond donors (Lipinski definition) is 1. The molecule has 0 atom stereocenters. The van der Waals surface area contributed by atoms with E-state index in [2.05, 4.69) is 15.3 Å². The summed E-state index contributed by atoms with van der Waals surface area (Å²) in [6.45, 7) is 0.0142. The molecule has 0 bridgehead atoms. The lowest BCUT2D eigenvalue weighted by Gasteiger charge is -2.18. The van der Waals surface area contributed by atoms with Crippen LogP contribution in [0.3, 0.4) is 0 Å². The molecule has 5 aromatic rings. The zero-order valence-electron chi connectivity index (χ0n) is 22.8. The third kappa shape index (κ3) is 7.91. The van der Waals surface area contributed by atoms with Gasteiger partial charge in [0.2, 0.25) is 11.8 Å². The highest BCUT2D eigenvalue weighted by atomic mass is 19.1. The number of carbonyl (C=O) groups is 3. The Morgan fingerprint density at radius 3 is 1.91 bits per heavy atom. The molecule has 0 saturated heterocycles. The van der Waals surface area contributed by atoms with E-state index in [0.717, 1.165) is 11.6 Å². The molecule has 1 N–H and O–H groups in total. The van der Waals surface area contributed by atoms with Crippen molar-refractivity contribution < 1.29 is 37.7 Å². The zero-order valence-corrected chi connectivity index (χ0v) is 22.8. The molecular formula is C32H23FN4O7. The van der Waals surface area contributed by atoms with Crippen LogP contribution in [0.15, 0.2) is 121 Å². The summed E-state index contributed by atoms with van der Waals surface area (Å²) in [6.07, 6.45) is -1.90. The molecule has 220 valence electrons. The summed E-state index contributed by atoms with van der Waals surface area (Å²) in [7, 11) is 0. The number of aromatic nitrogens is 2. The van der Waals surface area contributed by atoms with Gasteiger partial charge in [-0.25, -0.2) is 23.8 Å². The Bertz CT molecular complexity index is 1690. The highest BCUT2D eigenvalue weighted by Gasteiger charge is 2.31. The highest BCUT2D eigenvalue weighted by Crippen LogP contribution is 2.26. The van der Waals surface area contributed by atoms with Crippen molar-refractivity contribution in [2.75, 3.05) is 10.2 Å². The van der Waals surface area contributed by atoms with Crippen LogP contribution in [0.5, 0.6) is 23.1 Å². The fourth-order valence-corrected chi connectivity index (χ4v) is 3.66. The van der Waals surface area contributed by atoms with Crippen LogP contribution in [-0.2, 0) is 11.3 Å². The van der Waals surface area contributed by atoms with Crippen molar-refractivity contribution in [1.29, 1.82) is 0 Å². The monoisotopic (exact) mass is 594 g/mol. The van der Waals surface area contributed by atoms with Crippen LogP contribution < -0.4 is 24.4 Å². The Morgan fingerprint density at radius 2 is 1.32 bits per heavy atom. The van der Waals surface area contributed by atoms with E-state index in [1.54, 1.807) is 60.7 Å². The normalized spacial score (nSPS) is 10.3. The topological polar surface area (TPSA) is 129 Å². The lowest BCUT2D eigenvalue weighted by Crippen LogP contribution is -2.42. The van der Waals surface area contributed by atoms with E-state index in [9.17, 15) is 18.8 Å². The standard InChI is InChI=1S/C32H23FN4O7/c33-26-20-25(16-17-27(26)35-30(38)41-21-22-10-4-1-5-11-22)42-28-18-19-34-29(36-28)37(31(39)43-23-12-6-2-7-13-23)32(40)44-24-14-8-3-9-15-24/h1-20H,21H2,(H,35,38). The summed E-state index contributed by atoms with van der Waals surface area (Å²) < 4.78 is 36.2. The predicted octanol–water partition coefficient (Wildman–Crippen LogP) is 7.36. The molecule has 1 aromatic heterocycles. The molecule has 1 heterocycles. The van der Waals surface area contributed by atoms with Crippen molar-refractivity contribution in [2.45, 2.75) is 6.61 Å². The average molecular weight is 595 g/mol. The van der Waals surface area contributed by atoms with Crippen molar-refractivity contribution in [3.05, 3.63) is 133 Å². The zero-order chi connectivity index (χ0) is 30.7. The number of amides is 3. The van der Waals surface area contributed by atoms with Gasteiger partial charge in [-0.2, -0.15) is 4.98 Å². The smallest absolute Gasteiger partial charge is 0.432 e. The fourth-order valence-electron chi connectivity index (χ4n) is 3.66. The number of hydrogen-bond acceptors (Lipinski definition) is 9. The van der Waals surface area contributed by atoms with Gasteiger partial charge in [-0.1, -0.05) is 66.7 Å². The van der Waals surface area contributed by atoms with Crippen molar-refractivity contribution in [1.82, 2.24) is 9.97 Å². The first-order chi connectivity index (χ1) is 21.4. The molecule has 0 unspecified atom stereocenters. The van der Waals surface area contributed by atoms with Crippen molar-refractivity contribution in [3.8, 4) is 23.1 Å². The van der Waals surface area contributed by atoms with Gasteiger partial charge in [0.1, 0.15) is 23.9 Å². The van der Waals surface area contributed by atoms with Crippen molar-refractivity contribution in [2.24, 2.45) is 0 Å². The van der Waals surface area contributed by atoms with E-state index < -0.39 is 30.0 Å². The van der Waals surface area contributed by atoms with Crippen LogP contribution >= 0.6 is 0 Å². The Hall–Kier alpha value is -6.30. The second-order valence-corrected chi connectivity index (χ2v) is 8.82. The molecule has 12 heteroatoms. The van der Waals surface area contributed by atoms with Crippen molar-refractivity contribution in [3.63, 3.8) is 0 Å². The van der Waals surface area contributed by atoms with Gasteiger partial charge in [0, 0.05) is 18.3 Å². The molecule has 4 aromatic carbocycles. The number of nitrogens with one attached hydrogen (secondary N) is 1. The van der Waals surface area contributed by atoms with Crippen LogP contribution in [0.2, 0.25) is 0 Å². The number of para-hydroxylation sites is 2. The molecule has 3 amide bonds. The number of nitrogens with zero attached hydrogens (tertiary/aromatic N) is 3. The second kappa shape index (κ2) is 14.0. The fraction of sp³-hybridized carbons (Fsp3) is 0.0312. The summed E-state index contributed by atoms with van der Waals surface area (Å²) in [5, 5.41) is 2.33. The third-order valence-electron chi connectivity index (χ3n) is 5.69. The summed E-state index contributed by atoms with van der Waals surface area (Å²) in [6, 6.07) is 30.2. The van der Waals surface area contributed by atoms with Gasteiger partial charge in [0.05, 0.1) is 5.69 Å². The van der Waals surface area contributed by atoms with E-state index >= 15 is 0 Å². The third-order valence-corrected chi connectivity index (χ3v) is 5.69. The molecule has 44 heavy (non-hydrogen) atoms. The number of anilines is 2. The van der Waals surface area contributed by atoms with Crippen molar-refractivity contribution >= 4 is 29.9 Å². The lowest BCUT2D eigenvalue weighted by atomic mass is 10.2. The lowest BCUT2D eigenvalue weighted by molar-refractivity contribution is 0.155. The Kier molecular flexibility index (Phi) is 9.32. The van der Waals surface area contributed by atoms with E-state index in [1.807, 2.05) is 6.07 Å². The van der Waals surface area contributed by atoms with Gasteiger partial charge in [-0.15, -0.1) is 4.90 Å². The Morgan fingerprint density at radius 1 is 0.727 bits per heavy atom. The van der Waals surface area contributed by atoms with Crippen LogP contribution in [0.4, 0.5) is 30.4 Å². The van der Waals surface area contributed by atoms with E-state index in [1.165, 1.54) is 48.7 Å². The van der Waals surface area contributed by atoms with Gasteiger partial charge in [-0.05, 0) is 42.0 Å². The highest BCUT2D eigenvalue weighted by molar-refractivity contribution is 6.09. The maximum atomic E-state index is 14.8. The average Bonchev–Trinajstić information content (AvgIpc) is 3.03. The molecular weight excluding hydrogens is 571 g/mol. The van der Waals surface area contributed by atoms with Gasteiger partial charge in [0.25, 0.3) is 0 Å².